The Labute approximate surface area is 229 Å². The first kappa shape index (κ1) is 26.6. The number of rotatable bonds is 8. The molecule has 13 heteroatoms. The van der Waals surface area contributed by atoms with Gasteiger partial charge in [0.2, 0.25) is 11.8 Å². The molecule has 3 atom stereocenters. The van der Waals surface area contributed by atoms with Crippen LogP contribution in [0, 0.1) is 11.6 Å². The fourth-order valence-electron chi connectivity index (χ4n) is 4.27. The molecule has 3 aromatic rings. The minimum atomic E-state index is -1.29. The number of carbonyl (C=O) groups is 3. The molecule has 8 nitrogen and oxygen atoms in total. The number of aliphatic carboxylic acids is 1. The van der Waals surface area contributed by atoms with Gasteiger partial charge in [0, 0.05) is 47.0 Å². The maximum absolute atomic E-state index is 13.8. The van der Waals surface area contributed by atoms with Gasteiger partial charge in [-0.25, -0.2) is 13.8 Å². The molecule has 2 fully saturated rings. The Morgan fingerprint density at radius 1 is 1.24 bits per heavy atom. The highest BCUT2D eigenvalue weighted by molar-refractivity contribution is 8.05. The zero-order chi connectivity index (χ0) is 27.0. The van der Waals surface area contributed by atoms with E-state index in [0.717, 1.165) is 40.0 Å². The summed E-state index contributed by atoms with van der Waals surface area (Å²) in [5, 5.41) is 12.5. The van der Waals surface area contributed by atoms with Gasteiger partial charge >= 0.3 is 5.97 Å². The average molecular weight is 577 g/mol. The Balaban J connectivity index is 1.24. The standard InChI is InChI=1S/C25H22F2N4O4S3/c1-30-9-17(28-13-30)15-4-2-3-5-18(15)38-25(24(34)35)11-31-22(33)21(23(31)37-12-25)29-20(32)10-36-19-7-6-14(26)8-16(19)27/h2-9,13,21,23H,10-12H2,1H3,(H,29,32)(H,34,35)/t21-,23-,25?/m1/s1. The minimum Gasteiger partial charge on any atom is -0.480 e. The van der Waals surface area contributed by atoms with Crippen LogP contribution in [0.15, 0.2) is 64.8 Å². The van der Waals surface area contributed by atoms with Gasteiger partial charge < -0.3 is 19.9 Å². The van der Waals surface area contributed by atoms with Crippen molar-refractivity contribution in [2.24, 2.45) is 7.05 Å². The van der Waals surface area contributed by atoms with Gasteiger partial charge in [0.05, 0.1) is 17.8 Å². The molecular formula is C25H22F2N4O4S3. The van der Waals surface area contributed by atoms with Crippen LogP contribution in [0.25, 0.3) is 11.3 Å². The number of nitrogens with one attached hydrogen (secondary N) is 1. The molecule has 0 saturated carbocycles. The van der Waals surface area contributed by atoms with Crippen molar-refractivity contribution >= 4 is 53.1 Å². The molecule has 1 aromatic heterocycles. The van der Waals surface area contributed by atoms with Crippen molar-refractivity contribution in [3.8, 4) is 11.3 Å². The van der Waals surface area contributed by atoms with E-state index in [1.54, 1.807) is 6.33 Å². The lowest BCUT2D eigenvalue weighted by Gasteiger charge is -2.53. The van der Waals surface area contributed by atoms with E-state index in [0.29, 0.717) is 0 Å². The quantitative estimate of drug-likeness (QED) is 0.310. The van der Waals surface area contributed by atoms with Crippen molar-refractivity contribution < 1.29 is 28.3 Å². The summed E-state index contributed by atoms with van der Waals surface area (Å²) in [5.41, 5.74) is 1.53. The highest BCUT2D eigenvalue weighted by atomic mass is 32.2. The second kappa shape index (κ2) is 10.6. The second-order valence-corrected chi connectivity index (χ2v) is 12.4. The molecular weight excluding hydrogens is 554 g/mol. The number of benzene rings is 2. The number of aromatic nitrogens is 2. The maximum atomic E-state index is 13.8. The fraction of sp³-hybridized carbons (Fsp3) is 0.280. The van der Waals surface area contributed by atoms with E-state index >= 15 is 0 Å². The van der Waals surface area contributed by atoms with Gasteiger partial charge in [0.1, 0.15) is 27.8 Å². The average Bonchev–Trinajstić information content (AvgIpc) is 3.33. The number of aryl methyl sites for hydroxylation is 1. The number of hydrogen-bond donors (Lipinski definition) is 2. The van der Waals surface area contributed by atoms with Crippen LogP contribution in [0.2, 0.25) is 0 Å². The normalized spacial score (nSPS) is 22.5. The first-order valence-corrected chi connectivity index (χ1v) is 14.3. The zero-order valence-corrected chi connectivity index (χ0v) is 22.4. The van der Waals surface area contributed by atoms with Gasteiger partial charge in [-0.15, -0.1) is 35.3 Å². The summed E-state index contributed by atoms with van der Waals surface area (Å²) < 4.78 is 27.4. The second-order valence-electron chi connectivity index (χ2n) is 8.90. The number of nitrogens with zero attached hydrogens (tertiary/aromatic N) is 3. The van der Waals surface area contributed by atoms with Crippen molar-refractivity contribution in [3.05, 3.63) is 66.6 Å². The lowest BCUT2D eigenvalue weighted by Crippen LogP contribution is -2.74. The third-order valence-electron chi connectivity index (χ3n) is 6.19. The summed E-state index contributed by atoms with van der Waals surface area (Å²) in [5.74, 6) is -3.25. The third kappa shape index (κ3) is 5.14. The van der Waals surface area contributed by atoms with Crippen molar-refractivity contribution in [1.29, 1.82) is 0 Å². The van der Waals surface area contributed by atoms with Gasteiger partial charge in [0.15, 0.2) is 0 Å². The molecule has 3 heterocycles. The molecule has 2 aromatic carbocycles. The highest BCUT2D eigenvalue weighted by Crippen LogP contribution is 2.48. The highest BCUT2D eigenvalue weighted by Gasteiger charge is 2.58. The van der Waals surface area contributed by atoms with Crippen LogP contribution >= 0.6 is 35.3 Å². The van der Waals surface area contributed by atoms with Crippen LogP contribution in [0.1, 0.15) is 0 Å². The summed E-state index contributed by atoms with van der Waals surface area (Å²) in [6, 6.07) is 9.74. The SMILES string of the molecule is Cn1cnc(-c2ccccc2SC2(C(=O)O)CS[C@@H]3[C@H](NC(=O)CSc4ccc(F)cc4F)C(=O)N3C2)c1. The molecule has 0 aliphatic carbocycles. The molecule has 0 spiro atoms. The van der Waals surface area contributed by atoms with Crippen LogP contribution in [-0.4, -0.2) is 71.6 Å². The third-order valence-corrected chi connectivity index (χ3v) is 10.4. The van der Waals surface area contributed by atoms with Gasteiger partial charge in [-0.05, 0) is 18.2 Å². The maximum Gasteiger partial charge on any atom is 0.322 e. The molecule has 0 radical (unpaired) electrons. The number of carboxylic acids is 1. The number of fused-ring (bicyclic) bond motifs is 1. The molecule has 198 valence electrons. The number of hydrogen-bond acceptors (Lipinski definition) is 7. The zero-order valence-electron chi connectivity index (χ0n) is 20.0. The Kier molecular flexibility index (Phi) is 7.43. The van der Waals surface area contributed by atoms with Crippen LogP contribution in [0.5, 0.6) is 0 Å². The predicted octanol–water partition coefficient (Wildman–Crippen LogP) is 3.47. The van der Waals surface area contributed by atoms with E-state index < -0.39 is 39.7 Å². The van der Waals surface area contributed by atoms with E-state index in [1.165, 1.54) is 34.5 Å². The molecule has 2 N–H and O–H groups in total. The Hall–Kier alpha value is -3.03. The number of β-lactam (4-membered cyclic amide) rings is 1. The first-order valence-electron chi connectivity index (χ1n) is 11.5. The molecule has 2 saturated heterocycles. The summed E-state index contributed by atoms with van der Waals surface area (Å²) in [7, 11) is 1.85. The Bertz CT molecular complexity index is 1420. The van der Waals surface area contributed by atoms with Crippen molar-refractivity contribution in [3.63, 3.8) is 0 Å². The largest absolute Gasteiger partial charge is 0.480 e. The predicted molar refractivity (Wildman–Crippen MR) is 142 cm³/mol. The lowest BCUT2D eigenvalue weighted by atomic mass is 10.0. The topological polar surface area (TPSA) is 105 Å². The van der Waals surface area contributed by atoms with Gasteiger partial charge in [-0.1, -0.05) is 18.2 Å². The number of halogens is 2. The van der Waals surface area contributed by atoms with Gasteiger partial charge in [-0.3, -0.25) is 14.4 Å². The number of thioether (sulfide) groups is 3. The van der Waals surface area contributed by atoms with Crippen LogP contribution in [0.4, 0.5) is 8.78 Å². The molecule has 5 rings (SSSR count). The molecule has 2 aliphatic heterocycles. The first-order chi connectivity index (χ1) is 18.2. The van der Waals surface area contributed by atoms with E-state index in [4.69, 9.17) is 0 Å². The Morgan fingerprint density at radius 3 is 2.74 bits per heavy atom. The number of carbonyl (C=O) groups excluding carboxylic acids is 2. The van der Waals surface area contributed by atoms with Crippen LogP contribution in [-0.2, 0) is 21.4 Å². The van der Waals surface area contributed by atoms with Crippen molar-refractivity contribution in [2.75, 3.05) is 18.1 Å². The molecule has 2 amide bonds. The van der Waals surface area contributed by atoms with E-state index in [1.807, 2.05) is 42.1 Å². The molecule has 0 bridgehead atoms. The van der Waals surface area contributed by atoms with E-state index in [9.17, 15) is 28.3 Å². The van der Waals surface area contributed by atoms with Crippen molar-refractivity contribution in [1.82, 2.24) is 19.8 Å². The number of imidazole rings is 1. The van der Waals surface area contributed by atoms with Gasteiger partial charge in [0.25, 0.3) is 0 Å². The summed E-state index contributed by atoms with van der Waals surface area (Å²) in [6.07, 6.45) is 3.53. The summed E-state index contributed by atoms with van der Waals surface area (Å²) in [6.45, 7) is -0.0119. The molecule has 1 unspecified atom stereocenters. The van der Waals surface area contributed by atoms with Crippen LogP contribution in [0.3, 0.4) is 0 Å². The minimum absolute atomic E-state index is 0.0119. The fourth-order valence-corrected chi connectivity index (χ4v) is 7.97. The van der Waals surface area contributed by atoms with E-state index in [-0.39, 0.29) is 28.9 Å². The Morgan fingerprint density at radius 2 is 2.03 bits per heavy atom. The smallest absolute Gasteiger partial charge is 0.322 e. The van der Waals surface area contributed by atoms with E-state index in [2.05, 4.69) is 10.3 Å². The molecule has 38 heavy (non-hydrogen) atoms. The van der Waals surface area contributed by atoms with Crippen LogP contribution < -0.4 is 5.32 Å². The summed E-state index contributed by atoms with van der Waals surface area (Å²) in [4.78, 5) is 44.7. The number of carboxylic acid groups (broad SMARTS) is 1. The van der Waals surface area contributed by atoms with Crippen molar-refractivity contribution in [2.45, 2.75) is 26.0 Å². The lowest BCUT2D eigenvalue weighted by molar-refractivity contribution is -0.151. The number of amides is 2. The molecule has 2 aliphatic rings. The monoisotopic (exact) mass is 576 g/mol. The summed E-state index contributed by atoms with van der Waals surface area (Å²) >= 11 is 3.41. The van der Waals surface area contributed by atoms with Gasteiger partial charge in [-0.2, -0.15) is 0 Å².